The number of aromatic nitrogens is 1. The fraction of sp³-hybridized carbons (Fsp3) is 0.375. The molecule has 1 saturated heterocycles. The molecule has 2 atom stereocenters. The molecule has 0 saturated carbocycles. The molecule has 1 aromatic heterocycles. The third-order valence-corrected chi connectivity index (χ3v) is 3.75. The molecule has 0 bridgehead atoms. The van der Waals surface area contributed by atoms with Crippen LogP contribution in [0.4, 0.5) is 4.39 Å². The Balaban J connectivity index is 1.66. The van der Waals surface area contributed by atoms with Crippen LogP contribution < -0.4 is 5.32 Å². The molecule has 6 nitrogen and oxygen atoms in total. The van der Waals surface area contributed by atoms with Gasteiger partial charge in [0.15, 0.2) is 17.8 Å². The molecule has 1 fully saturated rings. The molecular formula is C16H17FN2O4. The summed E-state index contributed by atoms with van der Waals surface area (Å²) in [5.74, 6) is -0.580. The molecule has 2 unspecified atom stereocenters. The van der Waals surface area contributed by atoms with Gasteiger partial charge in [0.25, 0.3) is 5.91 Å². The van der Waals surface area contributed by atoms with Gasteiger partial charge in [-0.25, -0.2) is 9.37 Å². The predicted octanol–water partition coefficient (Wildman–Crippen LogP) is 1.75. The van der Waals surface area contributed by atoms with E-state index in [1.54, 1.807) is 0 Å². The van der Waals surface area contributed by atoms with Gasteiger partial charge in [-0.1, -0.05) is 0 Å². The standard InChI is InChI=1S/C16H17FN2O4/c17-11-5-3-10(4-6-11)15-14(19-9-23-15)16(21)18-8-12(20)13-2-1-7-22-13/h3-6,9,12-13,20H,1-2,7-8H2,(H,18,21). The van der Waals surface area contributed by atoms with E-state index in [-0.39, 0.29) is 29.9 Å². The maximum absolute atomic E-state index is 13.0. The lowest BCUT2D eigenvalue weighted by Crippen LogP contribution is -2.38. The molecule has 2 heterocycles. The first kappa shape index (κ1) is 15.6. The van der Waals surface area contributed by atoms with Crippen molar-refractivity contribution in [3.8, 4) is 11.3 Å². The Morgan fingerprint density at radius 1 is 1.43 bits per heavy atom. The summed E-state index contributed by atoms with van der Waals surface area (Å²) in [4.78, 5) is 16.1. The largest absolute Gasteiger partial charge is 0.443 e. The van der Waals surface area contributed by atoms with Crippen LogP contribution in [0.2, 0.25) is 0 Å². The van der Waals surface area contributed by atoms with Crippen LogP contribution in [-0.2, 0) is 4.74 Å². The minimum Gasteiger partial charge on any atom is -0.443 e. The Labute approximate surface area is 132 Å². The zero-order valence-corrected chi connectivity index (χ0v) is 12.4. The van der Waals surface area contributed by atoms with Gasteiger partial charge in [0.05, 0.1) is 12.2 Å². The second kappa shape index (κ2) is 6.89. The van der Waals surface area contributed by atoms with Crippen LogP contribution in [0.5, 0.6) is 0 Å². The number of oxazole rings is 1. The highest BCUT2D eigenvalue weighted by Gasteiger charge is 2.25. The molecule has 1 aliphatic heterocycles. The lowest BCUT2D eigenvalue weighted by Gasteiger charge is -2.17. The topological polar surface area (TPSA) is 84.6 Å². The smallest absolute Gasteiger partial charge is 0.274 e. The summed E-state index contributed by atoms with van der Waals surface area (Å²) >= 11 is 0. The minimum atomic E-state index is -0.761. The van der Waals surface area contributed by atoms with Gasteiger partial charge < -0.3 is 19.6 Å². The zero-order valence-electron chi connectivity index (χ0n) is 12.4. The van der Waals surface area contributed by atoms with Gasteiger partial charge >= 0.3 is 0 Å². The van der Waals surface area contributed by atoms with E-state index >= 15 is 0 Å². The van der Waals surface area contributed by atoms with Gasteiger partial charge in [-0.15, -0.1) is 0 Å². The Hall–Kier alpha value is -2.25. The van der Waals surface area contributed by atoms with Crippen molar-refractivity contribution in [1.82, 2.24) is 10.3 Å². The first-order chi connectivity index (χ1) is 11.1. The zero-order chi connectivity index (χ0) is 16.2. The quantitative estimate of drug-likeness (QED) is 0.877. The first-order valence-corrected chi connectivity index (χ1v) is 7.42. The van der Waals surface area contributed by atoms with Crippen LogP contribution in [0.1, 0.15) is 23.3 Å². The fourth-order valence-electron chi connectivity index (χ4n) is 2.53. The number of aliphatic hydroxyl groups is 1. The molecule has 23 heavy (non-hydrogen) atoms. The summed E-state index contributed by atoms with van der Waals surface area (Å²) in [7, 11) is 0. The summed E-state index contributed by atoms with van der Waals surface area (Å²) in [6.07, 6.45) is 1.84. The highest BCUT2D eigenvalue weighted by Crippen LogP contribution is 2.23. The molecule has 7 heteroatoms. The molecule has 0 spiro atoms. The monoisotopic (exact) mass is 320 g/mol. The van der Waals surface area contributed by atoms with E-state index in [0.717, 1.165) is 19.2 Å². The van der Waals surface area contributed by atoms with E-state index in [4.69, 9.17) is 9.15 Å². The van der Waals surface area contributed by atoms with E-state index in [1.165, 1.54) is 24.3 Å². The summed E-state index contributed by atoms with van der Waals surface area (Å²) < 4.78 is 23.6. The highest BCUT2D eigenvalue weighted by molar-refractivity contribution is 5.97. The fourth-order valence-corrected chi connectivity index (χ4v) is 2.53. The van der Waals surface area contributed by atoms with E-state index in [1.807, 2.05) is 0 Å². The minimum absolute atomic E-state index is 0.0687. The normalized spacial score (nSPS) is 18.8. The summed E-state index contributed by atoms with van der Waals surface area (Å²) in [6.45, 7) is 0.701. The third-order valence-electron chi connectivity index (χ3n) is 3.75. The number of ether oxygens (including phenoxy) is 1. The molecule has 3 rings (SSSR count). The molecule has 1 amide bonds. The number of benzene rings is 1. The number of nitrogens with zero attached hydrogens (tertiary/aromatic N) is 1. The number of nitrogens with one attached hydrogen (secondary N) is 1. The van der Waals surface area contributed by atoms with Crippen LogP contribution in [0.3, 0.4) is 0 Å². The van der Waals surface area contributed by atoms with Gasteiger partial charge in [-0.3, -0.25) is 4.79 Å². The van der Waals surface area contributed by atoms with Crippen LogP contribution in [0.25, 0.3) is 11.3 Å². The molecule has 2 N–H and O–H groups in total. The number of rotatable bonds is 5. The molecule has 0 aliphatic carbocycles. The van der Waals surface area contributed by atoms with Crippen LogP contribution >= 0.6 is 0 Å². The van der Waals surface area contributed by atoms with Crippen molar-refractivity contribution in [3.63, 3.8) is 0 Å². The number of hydrogen-bond donors (Lipinski definition) is 2. The van der Waals surface area contributed by atoms with Crippen molar-refractivity contribution in [2.45, 2.75) is 25.0 Å². The van der Waals surface area contributed by atoms with Gasteiger partial charge in [0.2, 0.25) is 0 Å². The van der Waals surface area contributed by atoms with Crippen molar-refractivity contribution >= 4 is 5.91 Å². The van der Waals surface area contributed by atoms with Crippen molar-refractivity contribution in [1.29, 1.82) is 0 Å². The average molecular weight is 320 g/mol. The van der Waals surface area contributed by atoms with Crippen LogP contribution in [0, 0.1) is 5.82 Å². The second-order valence-corrected chi connectivity index (χ2v) is 5.37. The third kappa shape index (κ3) is 3.57. The number of halogens is 1. The van der Waals surface area contributed by atoms with E-state index < -0.39 is 12.0 Å². The highest BCUT2D eigenvalue weighted by atomic mass is 19.1. The first-order valence-electron chi connectivity index (χ1n) is 7.42. The lowest BCUT2D eigenvalue weighted by atomic mass is 10.1. The molecule has 1 aromatic carbocycles. The Morgan fingerprint density at radius 2 is 2.22 bits per heavy atom. The van der Waals surface area contributed by atoms with E-state index in [9.17, 15) is 14.3 Å². The summed E-state index contributed by atoms with van der Waals surface area (Å²) in [6, 6.07) is 5.57. The van der Waals surface area contributed by atoms with Crippen LogP contribution in [0.15, 0.2) is 35.1 Å². The summed E-state index contributed by atoms with van der Waals surface area (Å²) in [5, 5.41) is 12.6. The van der Waals surface area contributed by atoms with E-state index in [0.29, 0.717) is 12.2 Å². The van der Waals surface area contributed by atoms with Crippen molar-refractivity contribution in [2.24, 2.45) is 0 Å². The second-order valence-electron chi connectivity index (χ2n) is 5.37. The predicted molar refractivity (Wildman–Crippen MR) is 79.2 cm³/mol. The van der Waals surface area contributed by atoms with Gasteiger partial charge in [0, 0.05) is 18.7 Å². The van der Waals surface area contributed by atoms with Crippen molar-refractivity contribution in [2.75, 3.05) is 13.2 Å². The number of carbonyl (C=O) groups excluding carboxylic acids is 1. The number of amides is 1. The maximum atomic E-state index is 13.0. The molecule has 1 aliphatic rings. The van der Waals surface area contributed by atoms with Gasteiger partial charge in [-0.2, -0.15) is 0 Å². The number of carbonyl (C=O) groups is 1. The van der Waals surface area contributed by atoms with Crippen molar-refractivity contribution in [3.05, 3.63) is 42.2 Å². The SMILES string of the molecule is O=C(NCC(O)C1CCCO1)c1ncoc1-c1ccc(F)cc1. The van der Waals surface area contributed by atoms with Gasteiger partial charge in [-0.05, 0) is 37.1 Å². The molecule has 122 valence electrons. The summed E-state index contributed by atoms with van der Waals surface area (Å²) in [5.41, 5.74) is 0.643. The molecular weight excluding hydrogens is 303 g/mol. The maximum Gasteiger partial charge on any atom is 0.274 e. The number of aliphatic hydroxyl groups excluding tert-OH is 1. The Bertz CT molecular complexity index is 665. The van der Waals surface area contributed by atoms with Crippen molar-refractivity contribution < 1.29 is 23.4 Å². The van der Waals surface area contributed by atoms with E-state index in [2.05, 4.69) is 10.3 Å². The van der Waals surface area contributed by atoms with Gasteiger partial charge in [0.1, 0.15) is 5.82 Å². The number of hydrogen-bond acceptors (Lipinski definition) is 5. The lowest BCUT2D eigenvalue weighted by molar-refractivity contribution is -0.0000975. The Kier molecular flexibility index (Phi) is 4.68. The van der Waals surface area contributed by atoms with Crippen LogP contribution in [-0.4, -0.2) is 41.4 Å². The average Bonchev–Trinajstić information content (AvgIpc) is 3.24. The Morgan fingerprint density at radius 3 is 2.91 bits per heavy atom. The molecule has 2 aromatic rings. The molecule has 0 radical (unpaired) electrons.